The molecule has 2 heterocycles. The molecule has 5 nitrogen and oxygen atoms in total. The second kappa shape index (κ2) is 6.62. The number of ether oxygens (including phenoxy) is 1. The summed E-state index contributed by atoms with van der Waals surface area (Å²) >= 11 is 0. The number of carbonyl (C=O) groups is 1. The van der Waals surface area contributed by atoms with E-state index in [2.05, 4.69) is 13.5 Å². The Morgan fingerprint density at radius 1 is 1.41 bits per heavy atom. The van der Waals surface area contributed by atoms with E-state index in [-0.39, 0.29) is 10.5 Å². The third-order valence-corrected chi connectivity index (χ3v) is 5.43. The molecule has 2 aliphatic heterocycles. The summed E-state index contributed by atoms with van der Waals surface area (Å²) in [5.74, 6) is 0.194. The maximum Gasteiger partial charge on any atom is 0.248 e. The number of carbonyl (C=O) groups excluding carboxylic acids is 1. The Hall–Kier alpha value is -1.66. The lowest BCUT2D eigenvalue weighted by molar-refractivity contribution is 0.0948. The Labute approximate surface area is 131 Å². The molecular formula is C16H21NO4S. The smallest absolute Gasteiger partial charge is 0.248 e. The first kappa shape index (κ1) is 16.7. The Balaban J connectivity index is 0.000000183. The largest absolute Gasteiger partial charge is 0.375 e. The maximum absolute atomic E-state index is 11.3. The van der Waals surface area contributed by atoms with Crippen LogP contribution in [0.25, 0.3) is 0 Å². The zero-order chi connectivity index (χ0) is 16.3. The second-order valence-electron chi connectivity index (χ2n) is 5.69. The predicted octanol–water partition coefficient (Wildman–Crippen LogP) is 2.28. The lowest BCUT2D eigenvalue weighted by Crippen LogP contribution is -2.11. The van der Waals surface area contributed by atoms with Gasteiger partial charge in [-0.2, -0.15) is 0 Å². The van der Waals surface area contributed by atoms with Crippen molar-refractivity contribution in [3.63, 3.8) is 0 Å². The molecule has 2 bridgehead atoms. The van der Waals surface area contributed by atoms with E-state index in [1.54, 1.807) is 0 Å². The van der Waals surface area contributed by atoms with E-state index >= 15 is 0 Å². The van der Waals surface area contributed by atoms with Gasteiger partial charge in [0.1, 0.15) is 0 Å². The van der Waals surface area contributed by atoms with E-state index in [4.69, 9.17) is 10.5 Å². The lowest BCUT2D eigenvalue weighted by Gasteiger charge is -2.11. The summed E-state index contributed by atoms with van der Waals surface area (Å²) in [5.41, 5.74) is 5.17. The number of hydrogen-bond acceptors (Lipinski definition) is 4. The van der Waals surface area contributed by atoms with Crippen LogP contribution >= 0.6 is 0 Å². The monoisotopic (exact) mass is 323 g/mol. The third-order valence-electron chi connectivity index (χ3n) is 4.08. The average Bonchev–Trinajstić information content (AvgIpc) is 3.10. The van der Waals surface area contributed by atoms with Crippen LogP contribution in [0.4, 0.5) is 0 Å². The fourth-order valence-electron chi connectivity index (χ4n) is 2.81. The van der Waals surface area contributed by atoms with E-state index in [1.807, 2.05) is 0 Å². The first-order valence-corrected chi connectivity index (χ1v) is 8.81. The second-order valence-corrected chi connectivity index (χ2v) is 7.59. The van der Waals surface area contributed by atoms with Crippen LogP contribution < -0.4 is 5.73 Å². The molecular weight excluding hydrogens is 302 g/mol. The number of nitrogens with two attached hydrogens (primary N) is 1. The zero-order valence-corrected chi connectivity index (χ0v) is 13.4. The van der Waals surface area contributed by atoms with E-state index in [0.29, 0.717) is 12.2 Å². The van der Waals surface area contributed by atoms with Crippen LogP contribution in [0.5, 0.6) is 0 Å². The Morgan fingerprint density at radius 3 is 2.55 bits per heavy atom. The average molecular weight is 323 g/mol. The molecule has 1 aromatic rings. The molecule has 3 unspecified atom stereocenters. The topological polar surface area (TPSA) is 86.5 Å². The van der Waals surface area contributed by atoms with E-state index in [9.17, 15) is 13.2 Å². The molecule has 3 rings (SSSR count). The van der Waals surface area contributed by atoms with E-state index in [0.717, 1.165) is 11.3 Å². The van der Waals surface area contributed by atoms with Crippen molar-refractivity contribution in [3.05, 3.63) is 41.8 Å². The minimum atomic E-state index is -3.50. The molecule has 3 atom stereocenters. The highest BCUT2D eigenvalue weighted by atomic mass is 32.2. The van der Waals surface area contributed by atoms with Crippen LogP contribution in [0, 0.1) is 5.92 Å². The van der Waals surface area contributed by atoms with Gasteiger partial charge in [0.15, 0.2) is 9.84 Å². The third kappa shape index (κ3) is 3.75. The normalized spacial score (nSPS) is 26.1. The van der Waals surface area contributed by atoms with Crippen molar-refractivity contribution in [2.75, 3.05) is 0 Å². The van der Waals surface area contributed by atoms with Crippen molar-refractivity contribution in [1.82, 2.24) is 0 Å². The zero-order valence-electron chi connectivity index (χ0n) is 12.6. The lowest BCUT2D eigenvalue weighted by atomic mass is 9.91. The number of benzene rings is 1. The number of primary amides is 1. The van der Waals surface area contributed by atoms with E-state index < -0.39 is 15.7 Å². The quantitative estimate of drug-likeness (QED) is 0.924. The molecule has 2 N–H and O–H groups in total. The fraction of sp³-hybridized carbons (Fsp3) is 0.438. The molecule has 1 amide bonds. The molecule has 22 heavy (non-hydrogen) atoms. The fourth-order valence-corrected chi connectivity index (χ4v) is 3.57. The standard InChI is InChI=1S/C9H9NO3S.C7H12O/c1-2-14(12,13)8-5-3-4-7(6-8)9(10)11;1-5-4-6-2-3-7(5)8-6/h2-6H,1H2,(H2,10,11);5-7H,2-4H2,1H3. The van der Waals surface area contributed by atoms with Gasteiger partial charge < -0.3 is 10.5 Å². The molecule has 120 valence electrons. The predicted molar refractivity (Wildman–Crippen MR) is 84.0 cm³/mol. The summed E-state index contributed by atoms with van der Waals surface area (Å²) in [4.78, 5) is 10.8. The minimum absolute atomic E-state index is 0.0174. The van der Waals surface area contributed by atoms with Crippen LogP contribution in [-0.2, 0) is 14.6 Å². The van der Waals surface area contributed by atoms with Crippen LogP contribution in [-0.4, -0.2) is 26.5 Å². The van der Waals surface area contributed by atoms with Gasteiger partial charge in [-0.15, -0.1) is 0 Å². The Bertz CT molecular complexity index is 666. The first-order valence-electron chi connectivity index (χ1n) is 7.26. The summed E-state index contributed by atoms with van der Waals surface area (Å²) < 4.78 is 28.2. The highest BCUT2D eigenvalue weighted by Gasteiger charge is 2.37. The number of amides is 1. The number of rotatable bonds is 3. The van der Waals surface area contributed by atoms with Crippen molar-refractivity contribution in [2.45, 2.75) is 43.3 Å². The molecule has 1 aromatic carbocycles. The molecule has 0 aromatic heterocycles. The van der Waals surface area contributed by atoms with Crippen LogP contribution in [0.1, 0.15) is 36.5 Å². The van der Waals surface area contributed by atoms with Gasteiger partial charge in [-0.3, -0.25) is 4.79 Å². The highest BCUT2D eigenvalue weighted by Crippen LogP contribution is 2.37. The van der Waals surface area contributed by atoms with E-state index in [1.165, 1.54) is 43.5 Å². The van der Waals surface area contributed by atoms with Gasteiger partial charge in [0, 0.05) is 11.0 Å². The number of sulfone groups is 1. The Kier molecular flexibility index (Phi) is 5.03. The molecule has 0 spiro atoms. The summed E-state index contributed by atoms with van der Waals surface area (Å²) in [7, 11) is -3.50. The first-order chi connectivity index (χ1) is 10.3. The summed E-state index contributed by atoms with van der Waals surface area (Å²) in [6, 6.07) is 5.50. The van der Waals surface area contributed by atoms with Crippen LogP contribution in [0.2, 0.25) is 0 Å². The van der Waals surface area contributed by atoms with Crippen molar-refractivity contribution in [3.8, 4) is 0 Å². The molecule has 0 aliphatic carbocycles. The Morgan fingerprint density at radius 2 is 2.14 bits per heavy atom. The van der Waals surface area contributed by atoms with Crippen molar-refractivity contribution < 1.29 is 17.9 Å². The van der Waals surface area contributed by atoms with Crippen molar-refractivity contribution >= 4 is 15.7 Å². The van der Waals surface area contributed by atoms with Gasteiger partial charge in [-0.05, 0) is 43.4 Å². The van der Waals surface area contributed by atoms with Gasteiger partial charge in [-0.25, -0.2) is 8.42 Å². The molecule has 0 saturated carbocycles. The molecule has 2 saturated heterocycles. The summed E-state index contributed by atoms with van der Waals surface area (Å²) in [6.45, 7) is 5.47. The van der Waals surface area contributed by atoms with Crippen molar-refractivity contribution in [2.24, 2.45) is 11.7 Å². The molecule has 0 radical (unpaired) electrons. The van der Waals surface area contributed by atoms with Gasteiger partial charge >= 0.3 is 0 Å². The highest BCUT2D eigenvalue weighted by molar-refractivity contribution is 7.94. The summed E-state index contributed by atoms with van der Waals surface area (Å²) in [5, 5.41) is 0.826. The van der Waals surface area contributed by atoms with Gasteiger partial charge in [0.25, 0.3) is 0 Å². The van der Waals surface area contributed by atoms with Crippen LogP contribution in [0.3, 0.4) is 0 Å². The van der Waals surface area contributed by atoms with Crippen molar-refractivity contribution in [1.29, 1.82) is 0 Å². The SMILES string of the molecule is C=CS(=O)(=O)c1cccc(C(N)=O)c1.CC1CC2CCC1O2. The van der Waals surface area contributed by atoms with Gasteiger partial charge in [-0.1, -0.05) is 19.6 Å². The molecule has 6 heteroatoms. The summed E-state index contributed by atoms with van der Waals surface area (Å²) in [6.07, 6.45) is 5.26. The minimum Gasteiger partial charge on any atom is -0.375 e. The molecule has 2 fully saturated rings. The van der Waals surface area contributed by atoms with Gasteiger partial charge in [0.2, 0.25) is 5.91 Å². The number of fused-ring (bicyclic) bond motifs is 2. The number of hydrogen-bond donors (Lipinski definition) is 1. The van der Waals surface area contributed by atoms with Crippen LogP contribution in [0.15, 0.2) is 41.1 Å². The van der Waals surface area contributed by atoms with Gasteiger partial charge in [0.05, 0.1) is 17.1 Å². The maximum atomic E-state index is 11.3. The molecule has 2 aliphatic rings.